The van der Waals surface area contributed by atoms with E-state index >= 15 is 0 Å². The van der Waals surface area contributed by atoms with Crippen LogP contribution in [0.15, 0.2) is 62.9 Å². The standard InChI is InChI=1S/C20H11BrClN3O4S2/c1-29-16(26)9-15-18(28)25(19-23-13-6-5-11(21)8-14(13)30-19)20(31-15)24-17(27)10-3-2-4-12(22)7-10/h2-9H,1H3/b15-9-,24-20?. The van der Waals surface area contributed by atoms with Gasteiger partial charge >= 0.3 is 5.97 Å². The number of hydrogen-bond acceptors (Lipinski definition) is 7. The van der Waals surface area contributed by atoms with Crippen LogP contribution in [-0.2, 0) is 14.3 Å². The zero-order valence-corrected chi connectivity index (χ0v) is 19.6. The number of amides is 2. The van der Waals surface area contributed by atoms with Crippen LogP contribution >= 0.6 is 50.6 Å². The molecule has 31 heavy (non-hydrogen) atoms. The minimum Gasteiger partial charge on any atom is -0.466 e. The average Bonchev–Trinajstić information content (AvgIpc) is 3.27. The van der Waals surface area contributed by atoms with Gasteiger partial charge in [0.15, 0.2) is 10.3 Å². The second-order valence-corrected chi connectivity index (χ2v) is 9.46. The van der Waals surface area contributed by atoms with Gasteiger partial charge in [0.05, 0.1) is 22.2 Å². The number of carbonyl (C=O) groups excluding carboxylic acids is 3. The molecule has 0 aliphatic carbocycles. The van der Waals surface area contributed by atoms with Crippen LogP contribution in [0.1, 0.15) is 10.4 Å². The lowest BCUT2D eigenvalue weighted by molar-refractivity contribution is -0.135. The Balaban J connectivity index is 1.79. The Morgan fingerprint density at radius 2 is 2.06 bits per heavy atom. The number of esters is 1. The van der Waals surface area contributed by atoms with Crippen molar-refractivity contribution in [3.63, 3.8) is 0 Å². The first-order valence-electron chi connectivity index (χ1n) is 8.62. The van der Waals surface area contributed by atoms with Gasteiger partial charge in [-0.05, 0) is 48.2 Å². The fraction of sp³-hybridized carbons (Fsp3) is 0.0500. The van der Waals surface area contributed by atoms with Crippen molar-refractivity contribution in [3.8, 4) is 0 Å². The van der Waals surface area contributed by atoms with Crippen LogP contribution in [0.3, 0.4) is 0 Å². The van der Waals surface area contributed by atoms with E-state index < -0.39 is 17.8 Å². The first-order valence-corrected chi connectivity index (χ1v) is 11.4. The van der Waals surface area contributed by atoms with Crippen LogP contribution in [0.5, 0.6) is 0 Å². The van der Waals surface area contributed by atoms with Gasteiger partial charge in [0.25, 0.3) is 11.8 Å². The van der Waals surface area contributed by atoms with Gasteiger partial charge in [-0.2, -0.15) is 4.99 Å². The summed E-state index contributed by atoms with van der Waals surface area (Å²) in [6, 6.07) is 11.9. The molecule has 3 aromatic rings. The SMILES string of the molecule is COC(=O)/C=C1\SC(=NC(=O)c2cccc(Cl)c2)N(c2nc3ccc(Br)cc3s2)C1=O. The minimum absolute atomic E-state index is 0.0740. The summed E-state index contributed by atoms with van der Waals surface area (Å²) in [4.78, 5) is 47.4. The first kappa shape index (κ1) is 21.7. The van der Waals surface area contributed by atoms with Gasteiger partial charge in [-0.15, -0.1) is 0 Å². The number of thioether (sulfide) groups is 1. The third-order valence-corrected chi connectivity index (χ3v) is 6.76. The van der Waals surface area contributed by atoms with Gasteiger partial charge in [-0.1, -0.05) is 44.9 Å². The fourth-order valence-electron chi connectivity index (χ4n) is 2.64. The lowest BCUT2D eigenvalue weighted by Crippen LogP contribution is -2.29. The molecule has 156 valence electrons. The maximum absolute atomic E-state index is 13.1. The number of fused-ring (bicyclic) bond motifs is 1. The van der Waals surface area contributed by atoms with Crippen molar-refractivity contribution in [2.75, 3.05) is 12.0 Å². The summed E-state index contributed by atoms with van der Waals surface area (Å²) in [5.41, 5.74) is 0.957. The number of nitrogens with zero attached hydrogens (tertiary/aromatic N) is 3. The summed E-state index contributed by atoms with van der Waals surface area (Å²) in [5, 5.41) is 0.806. The third-order valence-electron chi connectivity index (χ3n) is 4.06. The van der Waals surface area contributed by atoms with Gasteiger partial charge in [-0.3, -0.25) is 9.59 Å². The zero-order chi connectivity index (χ0) is 22.1. The molecule has 0 atom stereocenters. The molecular formula is C20H11BrClN3O4S2. The van der Waals surface area contributed by atoms with Crippen LogP contribution < -0.4 is 4.90 Å². The summed E-state index contributed by atoms with van der Waals surface area (Å²) >= 11 is 11.5. The predicted molar refractivity (Wildman–Crippen MR) is 126 cm³/mol. The number of rotatable bonds is 3. The van der Waals surface area contributed by atoms with Gasteiger partial charge < -0.3 is 4.74 Å². The molecule has 0 bridgehead atoms. The highest BCUT2D eigenvalue weighted by molar-refractivity contribution is 9.10. The number of hydrogen-bond donors (Lipinski definition) is 0. The van der Waals surface area contributed by atoms with Crippen molar-refractivity contribution in [3.05, 3.63) is 68.5 Å². The molecule has 0 radical (unpaired) electrons. The largest absolute Gasteiger partial charge is 0.466 e. The molecule has 1 aliphatic heterocycles. The van der Waals surface area contributed by atoms with Crippen molar-refractivity contribution in [1.82, 2.24) is 4.98 Å². The number of benzene rings is 2. The number of carbonyl (C=O) groups is 3. The molecule has 0 saturated carbocycles. The molecule has 2 heterocycles. The predicted octanol–water partition coefficient (Wildman–Crippen LogP) is 5.05. The van der Waals surface area contributed by atoms with Crippen LogP contribution in [0, 0.1) is 0 Å². The van der Waals surface area contributed by atoms with Crippen molar-refractivity contribution in [2.24, 2.45) is 4.99 Å². The maximum atomic E-state index is 13.1. The molecule has 2 amide bonds. The molecule has 0 unspecified atom stereocenters. The Bertz CT molecular complexity index is 1300. The van der Waals surface area contributed by atoms with E-state index in [1.54, 1.807) is 18.2 Å². The highest BCUT2D eigenvalue weighted by atomic mass is 79.9. The van der Waals surface area contributed by atoms with Gasteiger partial charge in [-0.25, -0.2) is 14.7 Å². The smallest absolute Gasteiger partial charge is 0.331 e. The normalized spacial score (nSPS) is 16.5. The van der Waals surface area contributed by atoms with E-state index in [0.717, 1.165) is 27.0 Å². The van der Waals surface area contributed by atoms with E-state index in [4.69, 9.17) is 11.6 Å². The van der Waals surface area contributed by atoms with Crippen LogP contribution in [0.25, 0.3) is 10.2 Å². The number of ether oxygens (including phenoxy) is 1. The van der Waals surface area contributed by atoms with E-state index in [-0.39, 0.29) is 15.6 Å². The molecule has 1 saturated heterocycles. The topological polar surface area (TPSA) is 88.9 Å². The Morgan fingerprint density at radius 1 is 1.26 bits per heavy atom. The molecular weight excluding hydrogens is 526 g/mol. The van der Waals surface area contributed by atoms with Crippen molar-refractivity contribution < 1.29 is 19.1 Å². The number of aromatic nitrogens is 1. The van der Waals surface area contributed by atoms with Gasteiger partial charge in [0.2, 0.25) is 0 Å². The van der Waals surface area contributed by atoms with Crippen molar-refractivity contribution >= 4 is 88.9 Å². The number of methoxy groups -OCH3 is 1. The number of thiazole rings is 1. The molecule has 1 aliphatic rings. The van der Waals surface area contributed by atoms with Crippen LogP contribution in [0.2, 0.25) is 5.02 Å². The lowest BCUT2D eigenvalue weighted by Gasteiger charge is -2.11. The fourth-order valence-corrected chi connectivity index (χ4v) is 5.32. The lowest BCUT2D eigenvalue weighted by atomic mass is 10.2. The van der Waals surface area contributed by atoms with Gasteiger partial charge in [0.1, 0.15) is 0 Å². The Labute approximate surface area is 197 Å². The average molecular weight is 537 g/mol. The summed E-state index contributed by atoms with van der Waals surface area (Å²) in [7, 11) is 1.21. The van der Waals surface area contributed by atoms with E-state index in [0.29, 0.717) is 15.7 Å². The number of halogens is 2. The van der Waals surface area contributed by atoms with E-state index in [2.05, 4.69) is 30.6 Å². The van der Waals surface area contributed by atoms with Crippen LogP contribution in [-0.4, -0.2) is 35.0 Å². The molecule has 11 heteroatoms. The van der Waals surface area contributed by atoms with Crippen molar-refractivity contribution in [1.29, 1.82) is 0 Å². The minimum atomic E-state index is -0.688. The monoisotopic (exact) mass is 535 g/mol. The van der Waals surface area contributed by atoms with E-state index in [1.165, 1.54) is 29.4 Å². The van der Waals surface area contributed by atoms with E-state index in [9.17, 15) is 14.4 Å². The highest BCUT2D eigenvalue weighted by Crippen LogP contribution is 2.39. The summed E-state index contributed by atoms with van der Waals surface area (Å²) < 4.78 is 6.33. The molecule has 1 aromatic heterocycles. The Morgan fingerprint density at radius 3 is 2.81 bits per heavy atom. The number of anilines is 1. The summed E-state index contributed by atoms with van der Waals surface area (Å²) in [5.74, 6) is -1.79. The molecule has 4 rings (SSSR count). The molecule has 0 spiro atoms. The number of amidine groups is 1. The van der Waals surface area contributed by atoms with Crippen LogP contribution in [0.4, 0.5) is 5.13 Å². The second-order valence-electron chi connectivity index (χ2n) is 6.09. The molecule has 7 nitrogen and oxygen atoms in total. The van der Waals surface area contributed by atoms with Gasteiger partial charge in [0, 0.05) is 21.1 Å². The van der Waals surface area contributed by atoms with Crippen molar-refractivity contribution in [2.45, 2.75) is 0 Å². The second kappa shape index (κ2) is 8.91. The third kappa shape index (κ3) is 4.57. The number of aliphatic imine (C=N–C) groups is 1. The highest BCUT2D eigenvalue weighted by Gasteiger charge is 2.38. The summed E-state index contributed by atoms with van der Waals surface area (Å²) in [6.45, 7) is 0. The molecule has 1 fully saturated rings. The maximum Gasteiger partial charge on any atom is 0.331 e. The Hall–Kier alpha value is -2.53. The first-order chi connectivity index (χ1) is 14.9. The molecule has 2 aromatic carbocycles. The quantitative estimate of drug-likeness (QED) is 0.344. The van der Waals surface area contributed by atoms with E-state index in [1.807, 2.05) is 18.2 Å². The Kier molecular flexibility index (Phi) is 6.24. The molecule has 0 N–H and O–H groups in total. The zero-order valence-electron chi connectivity index (χ0n) is 15.7. The summed E-state index contributed by atoms with van der Waals surface area (Å²) in [6.07, 6.45) is 1.07.